The molecule has 84 valence electrons. The second-order valence-electron chi connectivity index (χ2n) is 3.48. The molecule has 16 heavy (non-hydrogen) atoms. The lowest BCUT2D eigenvalue weighted by Gasteiger charge is -2.10. The Kier molecular flexibility index (Phi) is 2.47. The molecule has 0 radical (unpaired) electrons. The third-order valence-electron chi connectivity index (χ3n) is 2.51. The van der Waals surface area contributed by atoms with Crippen LogP contribution in [0.5, 0.6) is 0 Å². The lowest BCUT2D eigenvalue weighted by molar-refractivity contribution is -0.124. The largest absolute Gasteiger partial charge is 0.367 e. The summed E-state index contributed by atoms with van der Waals surface area (Å²) in [5.41, 5.74) is 9.49. The SMILES string of the molecule is NC(=O)C1OC1(C(N)=O)c1ccccc1Br. The molecule has 5 nitrogen and oxygen atoms in total. The summed E-state index contributed by atoms with van der Waals surface area (Å²) in [7, 11) is 0. The van der Waals surface area contributed by atoms with Gasteiger partial charge < -0.3 is 16.2 Å². The molecule has 0 aromatic heterocycles. The van der Waals surface area contributed by atoms with Crippen LogP contribution in [0.25, 0.3) is 0 Å². The summed E-state index contributed by atoms with van der Waals surface area (Å²) in [4.78, 5) is 22.5. The maximum atomic E-state index is 11.4. The first-order chi connectivity index (χ1) is 7.50. The Morgan fingerprint density at radius 1 is 1.31 bits per heavy atom. The summed E-state index contributed by atoms with van der Waals surface area (Å²) in [5.74, 6) is -1.42. The van der Waals surface area contributed by atoms with Crippen LogP contribution in [0.2, 0.25) is 0 Å². The second-order valence-corrected chi connectivity index (χ2v) is 4.33. The average Bonchev–Trinajstić information content (AvgIpc) is 2.94. The van der Waals surface area contributed by atoms with Gasteiger partial charge in [0.25, 0.3) is 11.8 Å². The van der Waals surface area contributed by atoms with Crippen molar-refractivity contribution in [2.24, 2.45) is 11.5 Å². The Hall–Kier alpha value is -1.40. The van der Waals surface area contributed by atoms with Gasteiger partial charge in [0.1, 0.15) is 0 Å². The zero-order valence-corrected chi connectivity index (χ0v) is 9.73. The number of hydrogen-bond acceptors (Lipinski definition) is 3. The summed E-state index contributed by atoms with van der Waals surface area (Å²) in [6.07, 6.45) is -0.983. The van der Waals surface area contributed by atoms with E-state index in [0.29, 0.717) is 10.0 Å². The van der Waals surface area contributed by atoms with Gasteiger partial charge in [-0.2, -0.15) is 0 Å². The molecular formula is C10H9BrN2O3. The lowest BCUT2D eigenvalue weighted by Crippen LogP contribution is -2.36. The first-order valence-corrected chi connectivity index (χ1v) is 5.31. The van der Waals surface area contributed by atoms with E-state index in [1.165, 1.54) is 0 Å². The molecule has 2 amide bonds. The van der Waals surface area contributed by atoms with Gasteiger partial charge in [0.2, 0.25) is 5.60 Å². The van der Waals surface area contributed by atoms with E-state index in [9.17, 15) is 9.59 Å². The van der Waals surface area contributed by atoms with Gasteiger partial charge in [0.15, 0.2) is 6.10 Å². The fourth-order valence-electron chi connectivity index (χ4n) is 1.70. The minimum atomic E-state index is -1.41. The smallest absolute Gasteiger partial charge is 0.257 e. The van der Waals surface area contributed by atoms with Crippen molar-refractivity contribution in [1.82, 2.24) is 0 Å². The molecule has 6 heteroatoms. The van der Waals surface area contributed by atoms with E-state index in [4.69, 9.17) is 16.2 Å². The van der Waals surface area contributed by atoms with Gasteiger partial charge in [-0.3, -0.25) is 9.59 Å². The second kappa shape index (κ2) is 3.57. The lowest BCUT2D eigenvalue weighted by atomic mass is 9.94. The Labute approximate surface area is 99.9 Å². The van der Waals surface area contributed by atoms with Crippen molar-refractivity contribution in [3.05, 3.63) is 34.3 Å². The number of halogens is 1. The molecule has 1 aromatic rings. The molecule has 0 bridgehead atoms. The van der Waals surface area contributed by atoms with E-state index in [-0.39, 0.29) is 0 Å². The van der Waals surface area contributed by atoms with Gasteiger partial charge in [-0.15, -0.1) is 0 Å². The molecule has 1 fully saturated rings. The van der Waals surface area contributed by atoms with Crippen LogP contribution >= 0.6 is 15.9 Å². The number of ether oxygens (including phenoxy) is 1. The fourth-order valence-corrected chi connectivity index (χ4v) is 2.28. The topological polar surface area (TPSA) is 98.7 Å². The summed E-state index contributed by atoms with van der Waals surface area (Å²) >= 11 is 3.28. The van der Waals surface area contributed by atoms with E-state index in [2.05, 4.69) is 15.9 Å². The highest BCUT2D eigenvalue weighted by atomic mass is 79.9. The molecule has 1 aromatic carbocycles. The Morgan fingerprint density at radius 2 is 1.94 bits per heavy atom. The van der Waals surface area contributed by atoms with Crippen LogP contribution in [0.3, 0.4) is 0 Å². The standard InChI is InChI=1S/C10H9BrN2O3/c11-6-4-2-1-3-5(6)10(9(13)15)7(16-10)8(12)14/h1-4,7H,(H2,12,14)(H2,13,15). The van der Waals surface area contributed by atoms with E-state index < -0.39 is 23.5 Å². The molecule has 2 unspecified atom stereocenters. The van der Waals surface area contributed by atoms with Gasteiger partial charge >= 0.3 is 0 Å². The molecule has 1 aliphatic rings. The van der Waals surface area contributed by atoms with E-state index in [1.807, 2.05) is 0 Å². The van der Waals surface area contributed by atoms with Crippen molar-refractivity contribution >= 4 is 27.7 Å². The Morgan fingerprint density at radius 3 is 2.38 bits per heavy atom. The molecule has 0 spiro atoms. The van der Waals surface area contributed by atoms with Crippen LogP contribution in [-0.4, -0.2) is 17.9 Å². The highest BCUT2D eigenvalue weighted by Crippen LogP contribution is 2.48. The average molecular weight is 285 g/mol. The van der Waals surface area contributed by atoms with Gasteiger partial charge in [0.05, 0.1) is 0 Å². The molecule has 2 rings (SSSR count). The van der Waals surface area contributed by atoms with Crippen molar-refractivity contribution in [2.45, 2.75) is 11.7 Å². The van der Waals surface area contributed by atoms with E-state index >= 15 is 0 Å². The highest BCUT2D eigenvalue weighted by Gasteiger charge is 2.66. The minimum Gasteiger partial charge on any atom is -0.367 e. The van der Waals surface area contributed by atoms with Gasteiger partial charge in [-0.1, -0.05) is 34.1 Å². The summed E-state index contributed by atoms with van der Waals surface area (Å²) < 4.78 is 5.77. The molecule has 1 saturated heterocycles. The molecule has 0 saturated carbocycles. The number of amides is 2. The van der Waals surface area contributed by atoms with Crippen LogP contribution in [0.15, 0.2) is 28.7 Å². The monoisotopic (exact) mass is 284 g/mol. The van der Waals surface area contributed by atoms with E-state index in [0.717, 1.165) is 0 Å². The molecule has 1 heterocycles. The molecule has 1 aliphatic heterocycles. The fraction of sp³-hybridized carbons (Fsp3) is 0.200. The number of epoxide rings is 1. The van der Waals surface area contributed by atoms with Crippen molar-refractivity contribution in [1.29, 1.82) is 0 Å². The van der Waals surface area contributed by atoms with Crippen molar-refractivity contribution < 1.29 is 14.3 Å². The third kappa shape index (κ3) is 1.42. The number of benzene rings is 1. The molecule has 2 atom stereocenters. The molecular weight excluding hydrogens is 276 g/mol. The zero-order valence-electron chi connectivity index (χ0n) is 8.14. The number of hydrogen-bond donors (Lipinski definition) is 2. The number of primary amides is 2. The van der Waals surface area contributed by atoms with Gasteiger partial charge in [0, 0.05) is 10.0 Å². The summed E-state index contributed by atoms with van der Waals surface area (Å²) in [6.45, 7) is 0. The molecule has 0 aliphatic carbocycles. The first-order valence-electron chi connectivity index (χ1n) is 4.52. The number of rotatable bonds is 3. The number of carbonyl (C=O) groups is 2. The van der Waals surface area contributed by atoms with Gasteiger partial charge in [-0.05, 0) is 6.07 Å². The van der Waals surface area contributed by atoms with Crippen LogP contribution in [0.4, 0.5) is 0 Å². The first kappa shape index (κ1) is 11.1. The van der Waals surface area contributed by atoms with Crippen molar-refractivity contribution in [3.63, 3.8) is 0 Å². The molecule has 4 N–H and O–H groups in total. The van der Waals surface area contributed by atoms with Crippen molar-refractivity contribution in [2.75, 3.05) is 0 Å². The third-order valence-corrected chi connectivity index (χ3v) is 3.21. The summed E-state index contributed by atoms with van der Waals surface area (Å²) in [5, 5.41) is 0. The predicted octanol–water partition coefficient (Wildman–Crippen LogP) is 0.0138. The number of carbonyl (C=O) groups excluding carboxylic acids is 2. The summed E-state index contributed by atoms with van der Waals surface area (Å²) in [6, 6.07) is 6.91. The Bertz CT molecular complexity index is 477. The number of nitrogens with two attached hydrogens (primary N) is 2. The van der Waals surface area contributed by atoms with E-state index in [1.54, 1.807) is 24.3 Å². The van der Waals surface area contributed by atoms with Gasteiger partial charge in [-0.25, -0.2) is 0 Å². The maximum absolute atomic E-state index is 11.4. The maximum Gasteiger partial charge on any atom is 0.257 e. The van der Waals surface area contributed by atoms with Crippen LogP contribution in [0.1, 0.15) is 5.56 Å². The quantitative estimate of drug-likeness (QED) is 0.765. The normalized spacial score (nSPS) is 27.4. The van der Waals surface area contributed by atoms with Crippen LogP contribution in [0, 0.1) is 0 Å². The minimum absolute atomic E-state index is 0.520. The van der Waals surface area contributed by atoms with Crippen molar-refractivity contribution in [3.8, 4) is 0 Å². The van der Waals surface area contributed by atoms with Crippen LogP contribution < -0.4 is 11.5 Å². The van der Waals surface area contributed by atoms with Crippen LogP contribution in [-0.2, 0) is 19.9 Å². The predicted molar refractivity (Wildman–Crippen MR) is 59.1 cm³/mol. The highest BCUT2D eigenvalue weighted by molar-refractivity contribution is 9.10. The Balaban J connectivity index is 2.49. The zero-order chi connectivity index (χ0) is 11.9.